The fourth-order valence-corrected chi connectivity index (χ4v) is 2.31. The van der Waals surface area contributed by atoms with Crippen LogP contribution in [-0.2, 0) is 13.0 Å². The van der Waals surface area contributed by atoms with Gasteiger partial charge in [-0.3, -0.25) is 0 Å². The fourth-order valence-electron chi connectivity index (χ4n) is 2.31. The number of benzene rings is 2. The van der Waals surface area contributed by atoms with Gasteiger partial charge in [0.2, 0.25) is 0 Å². The summed E-state index contributed by atoms with van der Waals surface area (Å²) in [5.41, 5.74) is 11.0. The van der Waals surface area contributed by atoms with E-state index in [1.165, 1.54) is 22.3 Å². The van der Waals surface area contributed by atoms with Gasteiger partial charge in [-0.2, -0.15) is 0 Å². The van der Waals surface area contributed by atoms with Crippen molar-refractivity contribution in [2.24, 2.45) is 11.7 Å². The summed E-state index contributed by atoms with van der Waals surface area (Å²) in [6, 6.07) is 17.1. The van der Waals surface area contributed by atoms with Gasteiger partial charge in [0.05, 0.1) is 0 Å². The maximum Gasteiger partial charge on any atom is 0.0184 e. The van der Waals surface area contributed by atoms with E-state index >= 15 is 0 Å². The van der Waals surface area contributed by atoms with Gasteiger partial charge in [-0.25, -0.2) is 0 Å². The number of nitrogens with two attached hydrogens (primary N) is 1. The van der Waals surface area contributed by atoms with Crippen molar-refractivity contribution in [3.8, 4) is 11.1 Å². The van der Waals surface area contributed by atoms with Gasteiger partial charge in [-0.05, 0) is 34.6 Å². The summed E-state index contributed by atoms with van der Waals surface area (Å²) in [7, 11) is 0. The van der Waals surface area contributed by atoms with Crippen molar-refractivity contribution >= 4 is 0 Å². The SMILES string of the molecule is CC(C)Cc1ccc(-c2ccccc2)c(CN)c1. The Morgan fingerprint density at radius 2 is 1.72 bits per heavy atom. The molecule has 1 nitrogen and oxygen atoms in total. The van der Waals surface area contributed by atoms with Crippen molar-refractivity contribution in [1.82, 2.24) is 0 Å². The zero-order valence-corrected chi connectivity index (χ0v) is 11.2. The molecule has 0 aliphatic rings. The molecule has 2 N–H and O–H groups in total. The second-order valence-corrected chi connectivity index (χ2v) is 5.16. The van der Waals surface area contributed by atoms with Crippen LogP contribution in [0, 0.1) is 5.92 Å². The first-order valence-corrected chi connectivity index (χ1v) is 6.58. The summed E-state index contributed by atoms with van der Waals surface area (Å²) in [6.07, 6.45) is 1.11. The molecule has 2 aromatic carbocycles. The molecule has 0 aliphatic carbocycles. The fraction of sp³-hybridized carbons (Fsp3) is 0.294. The average Bonchev–Trinajstić information content (AvgIpc) is 2.39. The van der Waals surface area contributed by atoms with Crippen LogP contribution in [0.5, 0.6) is 0 Å². The average molecular weight is 239 g/mol. The van der Waals surface area contributed by atoms with Crippen molar-refractivity contribution < 1.29 is 0 Å². The lowest BCUT2D eigenvalue weighted by atomic mass is 9.94. The van der Waals surface area contributed by atoms with Gasteiger partial charge in [0.25, 0.3) is 0 Å². The maximum atomic E-state index is 5.89. The lowest BCUT2D eigenvalue weighted by Gasteiger charge is -2.12. The van der Waals surface area contributed by atoms with E-state index < -0.39 is 0 Å². The monoisotopic (exact) mass is 239 g/mol. The first kappa shape index (κ1) is 12.8. The van der Waals surface area contributed by atoms with Gasteiger partial charge in [-0.1, -0.05) is 62.4 Å². The third-order valence-electron chi connectivity index (χ3n) is 3.12. The summed E-state index contributed by atoms with van der Waals surface area (Å²) in [6.45, 7) is 5.08. The van der Waals surface area contributed by atoms with Crippen LogP contribution in [0.3, 0.4) is 0 Å². The Kier molecular flexibility index (Phi) is 4.16. The molecule has 0 atom stereocenters. The smallest absolute Gasteiger partial charge is 0.0184 e. The Labute approximate surface area is 110 Å². The highest BCUT2D eigenvalue weighted by molar-refractivity contribution is 5.67. The number of rotatable bonds is 4. The van der Waals surface area contributed by atoms with E-state index in [1.807, 2.05) is 6.07 Å². The Balaban J connectivity index is 2.38. The van der Waals surface area contributed by atoms with Crippen molar-refractivity contribution in [2.45, 2.75) is 26.8 Å². The zero-order chi connectivity index (χ0) is 13.0. The maximum absolute atomic E-state index is 5.89. The van der Waals surface area contributed by atoms with Crippen molar-refractivity contribution in [1.29, 1.82) is 0 Å². The standard InChI is InChI=1S/C17H21N/c1-13(2)10-14-8-9-17(16(11-14)12-18)15-6-4-3-5-7-15/h3-9,11,13H,10,12,18H2,1-2H3. The summed E-state index contributed by atoms with van der Waals surface area (Å²) >= 11 is 0. The molecule has 0 aliphatic heterocycles. The minimum Gasteiger partial charge on any atom is -0.326 e. The van der Waals surface area contributed by atoms with E-state index in [1.54, 1.807) is 0 Å². The second kappa shape index (κ2) is 5.83. The first-order chi connectivity index (χ1) is 8.70. The second-order valence-electron chi connectivity index (χ2n) is 5.16. The lowest BCUT2D eigenvalue weighted by molar-refractivity contribution is 0.647. The van der Waals surface area contributed by atoms with Crippen LogP contribution in [-0.4, -0.2) is 0 Å². The predicted octanol–water partition coefficient (Wildman–Crippen LogP) is 4.01. The molecule has 18 heavy (non-hydrogen) atoms. The number of hydrogen-bond donors (Lipinski definition) is 1. The van der Waals surface area contributed by atoms with Gasteiger partial charge in [-0.15, -0.1) is 0 Å². The van der Waals surface area contributed by atoms with Crippen LogP contribution >= 0.6 is 0 Å². The van der Waals surface area contributed by atoms with Crippen molar-refractivity contribution in [2.75, 3.05) is 0 Å². The molecule has 94 valence electrons. The highest BCUT2D eigenvalue weighted by Gasteiger charge is 2.06. The summed E-state index contributed by atoms with van der Waals surface area (Å²) in [5.74, 6) is 0.679. The number of hydrogen-bond acceptors (Lipinski definition) is 1. The molecule has 0 heterocycles. The molecule has 0 saturated carbocycles. The molecule has 0 amide bonds. The van der Waals surface area contributed by atoms with Crippen molar-refractivity contribution in [3.63, 3.8) is 0 Å². The van der Waals surface area contributed by atoms with E-state index in [9.17, 15) is 0 Å². The molecular formula is C17H21N. The van der Waals surface area contributed by atoms with E-state index in [0.717, 1.165) is 6.42 Å². The molecule has 0 unspecified atom stereocenters. The Hall–Kier alpha value is -1.60. The minimum atomic E-state index is 0.593. The zero-order valence-electron chi connectivity index (χ0n) is 11.2. The van der Waals surface area contributed by atoms with Gasteiger partial charge >= 0.3 is 0 Å². The summed E-state index contributed by atoms with van der Waals surface area (Å²) < 4.78 is 0. The molecule has 0 radical (unpaired) electrons. The molecule has 2 rings (SSSR count). The molecule has 0 bridgehead atoms. The van der Waals surface area contributed by atoms with E-state index in [-0.39, 0.29) is 0 Å². The van der Waals surface area contributed by atoms with E-state index in [2.05, 4.69) is 56.3 Å². The molecule has 2 aromatic rings. The molecule has 1 heteroatoms. The molecule has 0 saturated heterocycles. The first-order valence-electron chi connectivity index (χ1n) is 6.58. The van der Waals surface area contributed by atoms with Crippen LogP contribution in [0.25, 0.3) is 11.1 Å². The summed E-state index contributed by atoms with van der Waals surface area (Å²) in [4.78, 5) is 0. The quantitative estimate of drug-likeness (QED) is 0.857. The van der Waals surface area contributed by atoms with Gasteiger partial charge in [0, 0.05) is 6.54 Å². The van der Waals surface area contributed by atoms with Gasteiger partial charge in [0.15, 0.2) is 0 Å². The van der Waals surface area contributed by atoms with E-state index in [4.69, 9.17) is 5.73 Å². The van der Waals surface area contributed by atoms with Crippen molar-refractivity contribution in [3.05, 3.63) is 59.7 Å². The Morgan fingerprint density at radius 3 is 2.33 bits per heavy atom. The van der Waals surface area contributed by atoms with Crippen LogP contribution in [0.1, 0.15) is 25.0 Å². The molecule has 0 aromatic heterocycles. The summed E-state index contributed by atoms with van der Waals surface area (Å²) in [5, 5.41) is 0. The predicted molar refractivity (Wildman–Crippen MR) is 78.3 cm³/mol. The van der Waals surface area contributed by atoms with E-state index in [0.29, 0.717) is 12.5 Å². The molecule has 0 spiro atoms. The normalized spacial score (nSPS) is 10.9. The minimum absolute atomic E-state index is 0.593. The largest absolute Gasteiger partial charge is 0.326 e. The van der Waals surface area contributed by atoms with Gasteiger partial charge in [0.1, 0.15) is 0 Å². The van der Waals surface area contributed by atoms with Crippen LogP contribution in [0.15, 0.2) is 48.5 Å². The molecule has 0 fully saturated rings. The third-order valence-corrected chi connectivity index (χ3v) is 3.12. The van der Waals surface area contributed by atoms with Crippen LogP contribution in [0.2, 0.25) is 0 Å². The highest BCUT2D eigenvalue weighted by Crippen LogP contribution is 2.25. The Morgan fingerprint density at radius 1 is 1.00 bits per heavy atom. The Bertz CT molecular complexity index is 500. The molecular weight excluding hydrogens is 218 g/mol. The lowest BCUT2D eigenvalue weighted by Crippen LogP contribution is -2.02. The van der Waals surface area contributed by atoms with Gasteiger partial charge < -0.3 is 5.73 Å². The van der Waals surface area contributed by atoms with Crippen LogP contribution in [0.4, 0.5) is 0 Å². The third kappa shape index (κ3) is 2.99. The van der Waals surface area contributed by atoms with Crippen LogP contribution < -0.4 is 5.73 Å². The topological polar surface area (TPSA) is 26.0 Å². The highest BCUT2D eigenvalue weighted by atomic mass is 14.5.